The van der Waals surface area contributed by atoms with Crippen LogP contribution in [-0.4, -0.2) is 9.55 Å². The van der Waals surface area contributed by atoms with Crippen LogP contribution < -0.4 is 0 Å². The average molecular weight is 219 g/mol. The molecule has 0 aliphatic carbocycles. The van der Waals surface area contributed by atoms with Gasteiger partial charge in [-0.25, -0.2) is 4.99 Å². The highest BCUT2D eigenvalue weighted by molar-refractivity contribution is 6.95. The molecule has 1 aromatic rings. The molecule has 0 bridgehead atoms. The molecule has 0 fully saturated rings. The lowest BCUT2D eigenvalue weighted by Gasteiger charge is -1.94. The van der Waals surface area contributed by atoms with E-state index in [4.69, 9.17) is 23.2 Å². The third kappa shape index (κ3) is 2.68. The maximum absolute atomic E-state index is 10.5. The predicted molar refractivity (Wildman–Crippen MR) is 51.9 cm³/mol. The highest BCUT2D eigenvalue weighted by Gasteiger charge is 2.11. The standard InChI is InChI=1S/C7H4Cl2N2O2/c8-7(9)10-5-3-1-2-4-6(5)11(12)13/h1-4H. The van der Waals surface area contributed by atoms with Crippen LogP contribution in [0.25, 0.3) is 0 Å². The van der Waals surface area contributed by atoms with Gasteiger partial charge in [-0.1, -0.05) is 12.1 Å². The van der Waals surface area contributed by atoms with E-state index in [0.717, 1.165) is 0 Å². The summed E-state index contributed by atoms with van der Waals surface area (Å²) in [6, 6.07) is 5.94. The minimum atomic E-state index is -0.546. The fourth-order valence-corrected chi connectivity index (χ4v) is 0.986. The van der Waals surface area contributed by atoms with E-state index in [1.807, 2.05) is 0 Å². The molecule has 0 heterocycles. The largest absolute Gasteiger partial charge is 0.294 e. The van der Waals surface area contributed by atoms with Crippen molar-refractivity contribution in [3.63, 3.8) is 0 Å². The van der Waals surface area contributed by atoms with E-state index in [1.165, 1.54) is 12.1 Å². The van der Waals surface area contributed by atoms with Crippen LogP contribution in [0.4, 0.5) is 11.4 Å². The zero-order valence-electron chi connectivity index (χ0n) is 6.28. The van der Waals surface area contributed by atoms with Gasteiger partial charge in [-0.05, 0) is 29.3 Å². The molecule has 6 heteroatoms. The van der Waals surface area contributed by atoms with E-state index in [0.29, 0.717) is 0 Å². The molecule has 0 saturated heterocycles. The van der Waals surface area contributed by atoms with Crippen LogP contribution in [0.3, 0.4) is 0 Å². The molecule has 0 amide bonds. The molecule has 4 nitrogen and oxygen atoms in total. The van der Waals surface area contributed by atoms with Gasteiger partial charge in [-0.3, -0.25) is 10.1 Å². The molecule has 0 aromatic heterocycles. The van der Waals surface area contributed by atoms with E-state index >= 15 is 0 Å². The fourth-order valence-electron chi connectivity index (χ4n) is 0.804. The van der Waals surface area contributed by atoms with Gasteiger partial charge in [-0.2, -0.15) is 0 Å². The van der Waals surface area contributed by atoms with Gasteiger partial charge in [0.15, 0.2) is 4.63 Å². The van der Waals surface area contributed by atoms with Gasteiger partial charge in [0, 0.05) is 6.07 Å². The number of rotatable bonds is 2. The Morgan fingerprint density at radius 1 is 1.38 bits per heavy atom. The number of para-hydroxylation sites is 2. The molecule has 0 aliphatic heterocycles. The molecule has 0 atom stereocenters. The lowest BCUT2D eigenvalue weighted by atomic mass is 10.3. The molecule has 0 radical (unpaired) electrons. The van der Waals surface area contributed by atoms with Gasteiger partial charge >= 0.3 is 0 Å². The third-order valence-corrected chi connectivity index (χ3v) is 1.45. The summed E-state index contributed by atoms with van der Waals surface area (Å²) in [5, 5.41) is 10.5. The maximum Gasteiger partial charge on any atom is 0.294 e. The quantitative estimate of drug-likeness (QED) is 0.436. The van der Waals surface area contributed by atoms with E-state index < -0.39 is 4.92 Å². The van der Waals surface area contributed by atoms with Gasteiger partial charge in [0.2, 0.25) is 0 Å². The number of hydrogen-bond donors (Lipinski definition) is 0. The predicted octanol–water partition coefficient (Wildman–Crippen LogP) is 3.06. The Balaban J connectivity index is 3.20. The van der Waals surface area contributed by atoms with Gasteiger partial charge in [0.05, 0.1) is 4.92 Å². The molecular formula is C7H4Cl2N2O2. The summed E-state index contributed by atoms with van der Waals surface area (Å²) in [6.07, 6.45) is 0. The zero-order chi connectivity index (χ0) is 9.84. The molecule has 68 valence electrons. The Hall–Kier alpha value is -1.13. The molecule has 0 saturated carbocycles. The molecule has 1 aromatic carbocycles. The minimum absolute atomic E-state index is 0.124. The Labute approximate surface area is 84.0 Å². The van der Waals surface area contributed by atoms with Crippen LogP contribution in [0.5, 0.6) is 0 Å². The van der Waals surface area contributed by atoms with Crippen LogP contribution in [0.1, 0.15) is 0 Å². The Bertz CT molecular complexity index is 361. The van der Waals surface area contributed by atoms with Crippen LogP contribution in [0, 0.1) is 10.1 Å². The fraction of sp³-hybridized carbons (Fsp3) is 0. The summed E-state index contributed by atoms with van der Waals surface area (Å²) in [5.74, 6) is 0. The Kier molecular flexibility index (Phi) is 3.22. The van der Waals surface area contributed by atoms with Crippen molar-refractivity contribution in [3.05, 3.63) is 34.4 Å². The molecular weight excluding hydrogens is 215 g/mol. The van der Waals surface area contributed by atoms with E-state index in [9.17, 15) is 10.1 Å². The molecule has 0 N–H and O–H groups in total. The monoisotopic (exact) mass is 218 g/mol. The third-order valence-electron chi connectivity index (χ3n) is 1.28. The van der Waals surface area contributed by atoms with E-state index in [1.54, 1.807) is 12.1 Å². The van der Waals surface area contributed by atoms with Crippen molar-refractivity contribution in [1.29, 1.82) is 0 Å². The molecule has 1 rings (SSSR count). The Morgan fingerprint density at radius 2 is 2.00 bits per heavy atom. The smallest absolute Gasteiger partial charge is 0.258 e. The van der Waals surface area contributed by atoms with E-state index in [-0.39, 0.29) is 16.0 Å². The van der Waals surface area contributed by atoms with Gasteiger partial charge in [0.1, 0.15) is 5.69 Å². The minimum Gasteiger partial charge on any atom is -0.258 e. The van der Waals surface area contributed by atoms with Crippen molar-refractivity contribution in [2.24, 2.45) is 4.99 Å². The summed E-state index contributed by atoms with van der Waals surface area (Å²) in [4.78, 5) is 13.5. The summed E-state index contributed by atoms with van der Waals surface area (Å²) in [7, 11) is 0. The lowest BCUT2D eigenvalue weighted by Crippen LogP contribution is -1.87. The molecule has 0 aliphatic rings. The van der Waals surface area contributed by atoms with Crippen molar-refractivity contribution in [1.82, 2.24) is 0 Å². The zero-order valence-corrected chi connectivity index (χ0v) is 7.79. The van der Waals surface area contributed by atoms with Crippen molar-refractivity contribution >= 4 is 39.2 Å². The van der Waals surface area contributed by atoms with Crippen molar-refractivity contribution in [2.45, 2.75) is 0 Å². The second kappa shape index (κ2) is 4.20. The number of nitro benzene ring substituents is 1. The molecule has 0 unspecified atom stereocenters. The first-order chi connectivity index (χ1) is 6.11. The summed E-state index contributed by atoms with van der Waals surface area (Å²) in [6.45, 7) is 0. The van der Waals surface area contributed by atoms with Crippen LogP contribution >= 0.6 is 23.2 Å². The summed E-state index contributed by atoms with van der Waals surface area (Å²) in [5.41, 5.74) is 0.0220. The van der Waals surface area contributed by atoms with Gasteiger partial charge < -0.3 is 0 Å². The molecule has 0 spiro atoms. The normalized spacial score (nSPS) is 9.38. The van der Waals surface area contributed by atoms with Crippen molar-refractivity contribution in [3.8, 4) is 0 Å². The average Bonchev–Trinajstić information content (AvgIpc) is 2.03. The Morgan fingerprint density at radius 3 is 2.54 bits per heavy atom. The SMILES string of the molecule is O=[N+]([O-])c1ccccc1N=C(Cl)Cl. The second-order valence-electron chi connectivity index (χ2n) is 2.10. The van der Waals surface area contributed by atoms with Crippen LogP contribution in [0.2, 0.25) is 0 Å². The summed E-state index contributed by atoms with van der Waals surface area (Å²) >= 11 is 10.6. The van der Waals surface area contributed by atoms with Crippen molar-refractivity contribution < 1.29 is 4.92 Å². The van der Waals surface area contributed by atoms with E-state index in [2.05, 4.69) is 4.99 Å². The summed E-state index contributed by atoms with van der Waals surface area (Å²) < 4.78 is -0.255. The first-order valence-corrected chi connectivity index (χ1v) is 4.00. The molecule has 13 heavy (non-hydrogen) atoms. The topological polar surface area (TPSA) is 55.5 Å². The highest BCUT2D eigenvalue weighted by Crippen LogP contribution is 2.27. The number of halogens is 2. The number of nitrogens with zero attached hydrogens (tertiary/aromatic N) is 2. The van der Waals surface area contributed by atoms with Crippen LogP contribution in [-0.2, 0) is 0 Å². The van der Waals surface area contributed by atoms with Crippen molar-refractivity contribution in [2.75, 3.05) is 0 Å². The number of aliphatic imine (C=N–C) groups is 1. The van der Waals surface area contributed by atoms with Crippen LogP contribution in [0.15, 0.2) is 29.3 Å². The lowest BCUT2D eigenvalue weighted by molar-refractivity contribution is -0.384. The first kappa shape index (κ1) is 9.95. The maximum atomic E-state index is 10.5. The number of hydrogen-bond acceptors (Lipinski definition) is 3. The van der Waals surface area contributed by atoms with Gasteiger partial charge in [-0.15, -0.1) is 0 Å². The first-order valence-electron chi connectivity index (χ1n) is 3.24. The van der Waals surface area contributed by atoms with Gasteiger partial charge in [0.25, 0.3) is 5.69 Å². The second-order valence-corrected chi connectivity index (χ2v) is 3.01. The highest BCUT2D eigenvalue weighted by atomic mass is 35.5. The number of benzene rings is 1. The number of nitro groups is 1.